The van der Waals surface area contributed by atoms with Gasteiger partial charge in [-0.1, -0.05) is 44.2 Å². The molecule has 6 nitrogen and oxygen atoms in total. The lowest BCUT2D eigenvalue weighted by molar-refractivity contribution is -0.117. The van der Waals surface area contributed by atoms with Gasteiger partial charge in [0, 0.05) is 25.3 Å². The third-order valence-electron chi connectivity index (χ3n) is 5.52. The summed E-state index contributed by atoms with van der Waals surface area (Å²) in [5, 5.41) is 3.09. The molecule has 2 aromatic carbocycles. The van der Waals surface area contributed by atoms with E-state index in [1.807, 2.05) is 44.2 Å². The first kappa shape index (κ1) is 24.6. The molecule has 0 aliphatic rings. The number of para-hydroxylation sites is 1. The quantitative estimate of drug-likeness (QED) is 0.554. The third-order valence-corrected chi connectivity index (χ3v) is 5.52. The fourth-order valence-electron chi connectivity index (χ4n) is 3.55. The van der Waals surface area contributed by atoms with Crippen LogP contribution in [-0.4, -0.2) is 61.5 Å². The van der Waals surface area contributed by atoms with Crippen LogP contribution in [0.25, 0.3) is 0 Å². The summed E-state index contributed by atoms with van der Waals surface area (Å²) < 4.78 is 4.77. The van der Waals surface area contributed by atoms with Crippen LogP contribution >= 0.6 is 0 Å². The van der Waals surface area contributed by atoms with E-state index in [-0.39, 0.29) is 11.9 Å². The van der Waals surface area contributed by atoms with Crippen LogP contribution in [0, 0.1) is 13.8 Å². The first-order chi connectivity index (χ1) is 14.9. The third kappa shape index (κ3) is 7.49. The molecule has 0 atom stereocenters. The van der Waals surface area contributed by atoms with Crippen molar-refractivity contribution in [2.75, 3.05) is 45.2 Å². The van der Waals surface area contributed by atoms with Gasteiger partial charge in [0.1, 0.15) is 0 Å². The lowest BCUT2D eigenvalue weighted by atomic mass is 10.1. The highest BCUT2D eigenvalue weighted by Gasteiger charge is 2.15. The Balaban J connectivity index is 2.10. The highest BCUT2D eigenvalue weighted by Crippen LogP contribution is 2.19. The number of hydrogen-bond acceptors (Lipinski definition) is 5. The summed E-state index contributed by atoms with van der Waals surface area (Å²) in [5.74, 6) is -0.374. The summed E-state index contributed by atoms with van der Waals surface area (Å²) in [6.45, 7) is 12.9. The molecule has 1 N–H and O–H groups in total. The van der Waals surface area contributed by atoms with Crippen molar-refractivity contribution in [2.24, 2.45) is 0 Å². The van der Waals surface area contributed by atoms with Crippen molar-refractivity contribution in [1.29, 1.82) is 0 Å². The van der Waals surface area contributed by atoms with Gasteiger partial charge in [-0.3, -0.25) is 9.69 Å². The zero-order valence-electron chi connectivity index (χ0n) is 19.4. The number of ether oxygens (including phenoxy) is 1. The van der Waals surface area contributed by atoms with Crippen molar-refractivity contribution >= 4 is 17.6 Å². The number of nitrogens with zero attached hydrogens (tertiary/aromatic N) is 2. The summed E-state index contributed by atoms with van der Waals surface area (Å²) in [4.78, 5) is 29.0. The number of benzene rings is 2. The number of carbonyl (C=O) groups excluding carboxylic acids is 2. The lowest BCUT2D eigenvalue weighted by Gasteiger charge is -2.26. The van der Waals surface area contributed by atoms with E-state index in [1.165, 1.54) is 7.11 Å². The van der Waals surface area contributed by atoms with Crippen LogP contribution in [0.5, 0.6) is 0 Å². The van der Waals surface area contributed by atoms with Gasteiger partial charge in [-0.05, 0) is 55.8 Å². The van der Waals surface area contributed by atoms with Gasteiger partial charge in [-0.25, -0.2) is 4.79 Å². The largest absolute Gasteiger partial charge is 0.465 e. The van der Waals surface area contributed by atoms with E-state index < -0.39 is 0 Å². The van der Waals surface area contributed by atoms with E-state index >= 15 is 0 Å². The monoisotopic (exact) mass is 425 g/mol. The van der Waals surface area contributed by atoms with E-state index in [4.69, 9.17) is 4.74 Å². The van der Waals surface area contributed by atoms with Gasteiger partial charge >= 0.3 is 5.97 Å². The Morgan fingerprint density at radius 3 is 2.03 bits per heavy atom. The van der Waals surface area contributed by atoms with Crippen molar-refractivity contribution in [3.05, 3.63) is 64.7 Å². The molecule has 0 bridgehead atoms. The summed E-state index contributed by atoms with van der Waals surface area (Å²) in [6, 6.07) is 13.4. The number of methoxy groups -OCH3 is 1. The van der Waals surface area contributed by atoms with Gasteiger partial charge < -0.3 is 15.0 Å². The molecule has 168 valence electrons. The lowest BCUT2D eigenvalue weighted by Crippen LogP contribution is -2.39. The first-order valence-corrected chi connectivity index (χ1v) is 10.9. The Morgan fingerprint density at radius 2 is 1.48 bits per heavy atom. The average Bonchev–Trinajstić information content (AvgIpc) is 2.77. The number of amides is 1. The molecular formula is C25H35N3O3. The molecule has 1 amide bonds. The number of hydrogen-bond donors (Lipinski definition) is 1. The Labute approximate surface area is 186 Å². The van der Waals surface area contributed by atoms with Crippen LogP contribution < -0.4 is 5.32 Å². The van der Waals surface area contributed by atoms with E-state index in [0.717, 1.165) is 48.6 Å². The molecule has 0 saturated carbocycles. The summed E-state index contributed by atoms with van der Waals surface area (Å²) >= 11 is 0. The number of esters is 1. The number of carbonyl (C=O) groups is 2. The van der Waals surface area contributed by atoms with Crippen LogP contribution in [0.3, 0.4) is 0 Å². The molecule has 2 aromatic rings. The number of aryl methyl sites for hydroxylation is 2. The van der Waals surface area contributed by atoms with E-state index in [1.54, 1.807) is 12.1 Å². The van der Waals surface area contributed by atoms with E-state index in [9.17, 15) is 9.59 Å². The molecule has 31 heavy (non-hydrogen) atoms. The fourth-order valence-corrected chi connectivity index (χ4v) is 3.55. The molecule has 0 aliphatic heterocycles. The molecule has 0 fully saturated rings. The van der Waals surface area contributed by atoms with Crippen LogP contribution in [0.4, 0.5) is 5.69 Å². The molecule has 0 aromatic heterocycles. The highest BCUT2D eigenvalue weighted by atomic mass is 16.5. The normalized spacial score (nSPS) is 11.1. The van der Waals surface area contributed by atoms with Gasteiger partial charge in [-0.2, -0.15) is 0 Å². The summed E-state index contributed by atoms with van der Waals surface area (Å²) in [5.41, 5.74) is 4.57. The highest BCUT2D eigenvalue weighted by molar-refractivity contribution is 5.93. The first-order valence-electron chi connectivity index (χ1n) is 10.9. The number of rotatable bonds is 11. The standard InChI is InChI=1S/C25H35N3O3/c1-6-27(7-2)15-16-28(17-21-11-13-22(14-12-21)25(30)31-5)18-23(29)26-24-19(3)9-8-10-20(24)4/h8-14H,6-7,15-18H2,1-5H3,(H,26,29). The van der Waals surface area contributed by atoms with Crippen molar-refractivity contribution in [3.63, 3.8) is 0 Å². The van der Waals surface area contributed by atoms with Crippen LogP contribution in [0.15, 0.2) is 42.5 Å². The Kier molecular flexibility index (Phi) is 9.69. The molecule has 0 unspecified atom stereocenters. The van der Waals surface area contributed by atoms with E-state index in [0.29, 0.717) is 18.7 Å². The molecular weight excluding hydrogens is 390 g/mol. The molecule has 0 heterocycles. The SMILES string of the molecule is CCN(CC)CCN(CC(=O)Nc1c(C)cccc1C)Cc1ccc(C(=O)OC)cc1. The molecule has 0 radical (unpaired) electrons. The minimum absolute atomic E-state index is 0.0249. The van der Waals surface area contributed by atoms with Gasteiger partial charge in [0.05, 0.1) is 19.2 Å². The van der Waals surface area contributed by atoms with Crippen molar-refractivity contribution in [3.8, 4) is 0 Å². The topological polar surface area (TPSA) is 61.9 Å². The smallest absolute Gasteiger partial charge is 0.337 e. The van der Waals surface area contributed by atoms with Crippen LogP contribution in [0.1, 0.15) is 40.9 Å². The van der Waals surface area contributed by atoms with Crippen molar-refractivity contribution < 1.29 is 14.3 Å². The molecule has 2 rings (SSSR count). The zero-order chi connectivity index (χ0) is 22.8. The second kappa shape index (κ2) is 12.2. The van der Waals surface area contributed by atoms with Crippen LogP contribution in [-0.2, 0) is 16.1 Å². The molecule has 6 heteroatoms. The number of likely N-dealkylation sites (N-methyl/N-ethyl adjacent to an activating group) is 1. The second-order valence-corrected chi connectivity index (χ2v) is 7.74. The maximum atomic E-state index is 12.9. The van der Waals surface area contributed by atoms with E-state index in [2.05, 4.69) is 29.0 Å². The Morgan fingerprint density at radius 1 is 0.903 bits per heavy atom. The maximum Gasteiger partial charge on any atom is 0.337 e. The predicted molar refractivity (Wildman–Crippen MR) is 125 cm³/mol. The Bertz CT molecular complexity index is 841. The van der Waals surface area contributed by atoms with Crippen molar-refractivity contribution in [2.45, 2.75) is 34.2 Å². The molecule has 0 saturated heterocycles. The van der Waals surface area contributed by atoms with Gasteiger partial charge in [0.15, 0.2) is 0 Å². The Hall–Kier alpha value is -2.70. The average molecular weight is 426 g/mol. The molecule has 0 spiro atoms. The summed E-state index contributed by atoms with van der Waals surface area (Å²) in [7, 11) is 1.37. The minimum Gasteiger partial charge on any atom is -0.465 e. The van der Waals surface area contributed by atoms with Gasteiger partial charge in [0.25, 0.3) is 0 Å². The zero-order valence-corrected chi connectivity index (χ0v) is 19.4. The maximum absolute atomic E-state index is 12.9. The fraction of sp³-hybridized carbons (Fsp3) is 0.440. The number of anilines is 1. The number of nitrogens with one attached hydrogen (secondary N) is 1. The minimum atomic E-state index is -0.349. The second-order valence-electron chi connectivity index (χ2n) is 7.74. The molecule has 0 aliphatic carbocycles. The predicted octanol–water partition coefficient (Wildman–Crippen LogP) is 3.87. The van der Waals surface area contributed by atoms with Gasteiger partial charge in [-0.15, -0.1) is 0 Å². The summed E-state index contributed by atoms with van der Waals surface area (Å²) in [6.07, 6.45) is 0. The van der Waals surface area contributed by atoms with Gasteiger partial charge in [0.2, 0.25) is 5.91 Å². The van der Waals surface area contributed by atoms with Crippen molar-refractivity contribution in [1.82, 2.24) is 9.80 Å². The van der Waals surface area contributed by atoms with Crippen LogP contribution in [0.2, 0.25) is 0 Å².